The number of carbonyl (C=O) groups excluding carboxylic acids is 3. The molecule has 0 aromatic heterocycles. The average Bonchev–Trinajstić information content (AvgIpc) is 2.58. The number of methoxy groups -OCH3 is 2. The van der Waals surface area contributed by atoms with Crippen molar-refractivity contribution in [1.29, 1.82) is 0 Å². The summed E-state index contributed by atoms with van der Waals surface area (Å²) in [5, 5.41) is 7.48. The summed E-state index contributed by atoms with van der Waals surface area (Å²) in [7, 11) is 2.16. The number of amides is 2. The topological polar surface area (TPSA) is 123 Å². The van der Waals surface area contributed by atoms with Gasteiger partial charge in [0, 0.05) is 5.69 Å². The van der Waals surface area contributed by atoms with Crippen LogP contribution in [0.25, 0.3) is 0 Å². The molecular formula is C14H17N3O6. The van der Waals surface area contributed by atoms with Crippen LogP contribution in [0, 0.1) is 4.91 Å². The molecule has 0 aliphatic rings. The first-order chi connectivity index (χ1) is 10.9. The van der Waals surface area contributed by atoms with E-state index in [9.17, 15) is 19.3 Å². The Morgan fingerprint density at radius 2 is 1.57 bits per heavy atom. The van der Waals surface area contributed by atoms with Crippen LogP contribution in [0.1, 0.15) is 18.5 Å². The Bertz CT molecular complexity index is 571. The first kappa shape index (κ1) is 18.1. The van der Waals surface area contributed by atoms with Crippen LogP contribution < -0.4 is 10.6 Å². The number of carbonyl (C=O) groups is 3. The molecule has 9 heteroatoms. The minimum absolute atomic E-state index is 0.401. The van der Waals surface area contributed by atoms with Crippen molar-refractivity contribution in [3.8, 4) is 0 Å². The Morgan fingerprint density at radius 1 is 1.04 bits per heavy atom. The van der Waals surface area contributed by atoms with Crippen LogP contribution in [-0.4, -0.2) is 38.2 Å². The molecule has 1 aromatic rings. The quantitative estimate of drug-likeness (QED) is 0.463. The molecule has 0 aliphatic heterocycles. The number of hydrogen-bond acceptors (Lipinski definition) is 7. The van der Waals surface area contributed by atoms with E-state index in [0.717, 1.165) is 14.2 Å². The molecular weight excluding hydrogens is 306 g/mol. The zero-order valence-corrected chi connectivity index (χ0v) is 12.9. The number of nitrogens with one attached hydrogen (secondary N) is 2. The van der Waals surface area contributed by atoms with Crippen LogP contribution >= 0.6 is 0 Å². The summed E-state index contributed by atoms with van der Waals surface area (Å²) in [6.07, 6.45) is 0. The Morgan fingerprint density at radius 3 is 2.00 bits per heavy atom. The number of nitroso groups, excluding NO2 is 1. The highest BCUT2D eigenvalue weighted by molar-refractivity contribution is 6.04. The molecule has 0 heterocycles. The van der Waals surface area contributed by atoms with Gasteiger partial charge in [0.1, 0.15) is 6.04 Å². The lowest BCUT2D eigenvalue weighted by Gasteiger charge is -2.15. The number of anilines is 1. The molecule has 124 valence electrons. The Hall–Kier alpha value is -2.97. The predicted octanol–water partition coefficient (Wildman–Crippen LogP) is 1.35. The van der Waals surface area contributed by atoms with Crippen LogP contribution in [-0.2, 0) is 19.1 Å². The number of esters is 2. The molecule has 1 atom stereocenters. The van der Waals surface area contributed by atoms with Gasteiger partial charge in [0.15, 0.2) is 0 Å². The fourth-order valence-electron chi connectivity index (χ4n) is 1.65. The van der Waals surface area contributed by atoms with E-state index in [1.165, 1.54) is 0 Å². The Kier molecular flexibility index (Phi) is 6.66. The zero-order valence-electron chi connectivity index (χ0n) is 12.9. The third-order valence-electron chi connectivity index (χ3n) is 2.96. The molecule has 2 amide bonds. The van der Waals surface area contributed by atoms with Gasteiger partial charge in [0.25, 0.3) is 0 Å². The van der Waals surface area contributed by atoms with Crippen molar-refractivity contribution in [2.45, 2.75) is 19.0 Å². The number of urea groups is 1. The molecule has 1 rings (SSSR count). The van der Waals surface area contributed by atoms with E-state index in [0.29, 0.717) is 11.3 Å². The van der Waals surface area contributed by atoms with E-state index < -0.39 is 30.1 Å². The average molecular weight is 323 g/mol. The second-order valence-corrected chi connectivity index (χ2v) is 4.48. The monoisotopic (exact) mass is 323 g/mol. The molecule has 2 N–H and O–H groups in total. The molecule has 0 radical (unpaired) electrons. The van der Waals surface area contributed by atoms with Crippen molar-refractivity contribution in [2.75, 3.05) is 19.5 Å². The summed E-state index contributed by atoms with van der Waals surface area (Å²) in [4.78, 5) is 45.2. The van der Waals surface area contributed by atoms with Gasteiger partial charge in [-0.1, -0.05) is 17.3 Å². The van der Waals surface area contributed by atoms with Crippen molar-refractivity contribution < 1.29 is 23.9 Å². The number of benzene rings is 1. The number of nitrogens with zero attached hydrogens (tertiary/aromatic N) is 1. The maximum absolute atomic E-state index is 11.8. The molecule has 23 heavy (non-hydrogen) atoms. The summed E-state index contributed by atoms with van der Waals surface area (Å²) >= 11 is 0. The van der Waals surface area contributed by atoms with Crippen LogP contribution in [0.2, 0.25) is 0 Å². The third kappa shape index (κ3) is 5.06. The maximum Gasteiger partial charge on any atom is 0.340 e. The highest BCUT2D eigenvalue weighted by Crippen LogP contribution is 2.18. The van der Waals surface area contributed by atoms with Gasteiger partial charge in [-0.15, -0.1) is 0 Å². The molecule has 0 aliphatic carbocycles. The minimum Gasteiger partial charge on any atom is -0.467 e. The second kappa shape index (κ2) is 8.47. The van der Waals surface area contributed by atoms with E-state index >= 15 is 0 Å². The van der Waals surface area contributed by atoms with Crippen LogP contribution in [0.15, 0.2) is 29.4 Å². The number of ether oxygens (including phenoxy) is 2. The van der Waals surface area contributed by atoms with Crippen molar-refractivity contribution in [3.63, 3.8) is 0 Å². The van der Waals surface area contributed by atoms with Gasteiger partial charge < -0.3 is 20.1 Å². The molecule has 0 bridgehead atoms. The summed E-state index contributed by atoms with van der Waals surface area (Å²) in [5.41, 5.74) is 1.09. The summed E-state index contributed by atoms with van der Waals surface area (Å²) < 4.78 is 8.84. The van der Waals surface area contributed by atoms with Crippen LogP contribution in [0.4, 0.5) is 10.5 Å². The normalized spacial score (nSPS) is 11.3. The SMILES string of the molecule is COC(=O)C(NC(=O)Nc1ccc(C(C)N=O)cc1)C(=O)OC. The number of rotatable bonds is 6. The van der Waals surface area contributed by atoms with Crippen molar-refractivity contribution in [1.82, 2.24) is 5.32 Å². The van der Waals surface area contributed by atoms with Crippen molar-refractivity contribution in [2.24, 2.45) is 5.18 Å². The fraction of sp³-hybridized carbons (Fsp3) is 0.357. The molecule has 0 saturated heterocycles. The summed E-state index contributed by atoms with van der Waals surface area (Å²) in [6.45, 7) is 1.64. The smallest absolute Gasteiger partial charge is 0.340 e. The lowest BCUT2D eigenvalue weighted by molar-refractivity contribution is -0.154. The van der Waals surface area contributed by atoms with Crippen molar-refractivity contribution >= 4 is 23.7 Å². The number of hydrogen-bond donors (Lipinski definition) is 2. The highest BCUT2D eigenvalue weighted by Gasteiger charge is 2.30. The van der Waals surface area contributed by atoms with E-state index in [1.807, 2.05) is 0 Å². The van der Waals surface area contributed by atoms with Gasteiger partial charge in [-0.3, -0.25) is 0 Å². The first-order valence-corrected chi connectivity index (χ1v) is 6.58. The summed E-state index contributed by atoms with van der Waals surface area (Å²) in [5.74, 6) is -1.90. The lowest BCUT2D eigenvalue weighted by atomic mass is 10.1. The van der Waals surface area contributed by atoms with Gasteiger partial charge in [-0.25, -0.2) is 14.4 Å². The van der Waals surface area contributed by atoms with E-state index in [-0.39, 0.29) is 0 Å². The third-order valence-corrected chi connectivity index (χ3v) is 2.96. The van der Waals surface area contributed by atoms with Gasteiger partial charge in [0.05, 0.1) is 14.2 Å². The maximum atomic E-state index is 11.8. The minimum atomic E-state index is -1.57. The van der Waals surface area contributed by atoms with Crippen LogP contribution in [0.3, 0.4) is 0 Å². The van der Waals surface area contributed by atoms with E-state index in [4.69, 9.17) is 0 Å². The van der Waals surface area contributed by atoms with Crippen LogP contribution in [0.5, 0.6) is 0 Å². The van der Waals surface area contributed by atoms with Crippen molar-refractivity contribution in [3.05, 3.63) is 34.7 Å². The molecule has 0 spiro atoms. The molecule has 0 saturated carbocycles. The van der Waals surface area contributed by atoms with Gasteiger partial charge in [-0.2, -0.15) is 4.91 Å². The van der Waals surface area contributed by atoms with Gasteiger partial charge in [0.2, 0.25) is 6.04 Å². The first-order valence-electron chi connectivity index (χ1n) is 6.58. The molecule has 0 fully saturated rings. The molecule has 9 nitrogen and oxygen atoms in total. The Labute approximate surface area is 132 Å². The van der Waals surface area contributed by atoms with E-state index in [2.05, 4.69) is 25.3 Å². The van der Waals surface area contributed by atoms with E-state index in [1.54, 1.807) is 31.2 Å². The molecule has 1 unspecified atom stereocenters. The standard InChI is InChI=1S/C14H17N3O6/c1-8(17-21)9-4-6-10(7-5-9)15-14(20)16-11(12(18)22-2)13(19)23-3/h4-8,11H,1-3H3,(H2,15,16,20). The zero-order chi connectivity index (χ0) is 17.4. The summed E-state index contributed by atoms with van der Waals surface area (Å²) in [6, 6.07) is 3.51. The van der Waals surface area contributed by atoms with Gasteiger partial charge >= 0.3 is 18.0 Å². The Balaban J connectivity index is 2.72. The van der Waals surface area contributed by atoms with Gasteiger partial charge in [-0.05, 0) is 24.6 Å². The lowest BCUT2D eigenvalue weighted by Crippen LogP contribution is -2.49. The predicted molar refractivity (Wildman–Crippen MR) is 80.6 cm³/mol. The largest absolute Gasteiger partial charge is 0.467 e. The molecule has 1 aromatic carbocycles. The second-order valence-electron chi connectivity index (χ2n) is 4.48. The fourth-order valence-corrected chi connectivity index (χ4v) is 1.65. The highest BCUT2D eigenvalue weighted by atomic mass is 16.5.